The van der Waals surface area contributed by atoms with Crippen molar-refractivity contribution < 1.29 is 230 Å². The Morgan fingerprint density at radius 2 is 0.259 bits per heavy atom. The summed E-state index contributed by atoms with van der Waals surface area (Å²) >= 11 is 0. The number of rotatable bonds is 25. The molecule has 0 saturated carbocycles. The van der Waals surface area contributed by atoms with Crippen LogP contribution < -0.4 is 83.9 Å². The number of carbonyl (C=O) groups is 17. The van der Waals surface area contributed by atoms with Gasteiger partial charge >= 0.3 is 104 Å². The van der Waals surface area contributed by atoms with Gasteiger partial charge in [-0.15, -0.1) is 0 Å². The molecule has 66 nitrogen and oxygen atoms in total. The molecule has 638 valence electrons. The number of carboxylic acids is 5. The Balaban J connectivity index is -0.0000000558. The second-order valence-corrected chi connectivity index (χ2v) is 15.5. The van der Waals surface area contributed by atoms with Crippen LogP contribution in [-0.2, 0) is 24.0 Å². The normalized spacial score (nSPS) is 9.38. The van der Waals surface area contributed by atoms with Gasteiger partial charge in [-0.2, -0.15) is 0 Å². The Bertz CT molecular complexity index is 2010. The van der Waals surface area contributed by atoms with E-state index < -0.39 is 134 Å². The van der Waals surface area contributed by atoms with Gasteiger partial charge in [0.05, 0.1) is 0 Å². The fraction of sp³-hybridized carbons (Fsp3) is 0.476. The molecule has 0 unspecified atom stereocenters. The number of aliphatic carboxylic acids is 5. The van der Waals surface area contributed by atoms with E-state index in [1.807, 2.05) is 0 Å². The van der Waals surface area contributed by atoms with Crippen LogP contribution >= 0.6 is 0 Å². The van der Waals surface area contributed by atoms with Crippen LogP contribution in [0, 0.1) is 27.0 Å². The molecule has 0 aromatic heterocycles. The lowest BCUT2D eigenvalue weighted by Gasteiger charge is -2.06. The first-order valence-corrected chi connectivity index (χ1v) is 25.8. The summed E-state index contributed by atoms with van der Waals surface area (Å²) < 4.78 is 0. The van der Waals surface area contributed by atoms with E-state index in [4.69, 9.17) is 290 Å². The third-order valence-corrected chi connectivity index (χ3v) is 6.62. The molecule has 5 atom stereocenters. The second kappa shape index (κ2) is 103. The minimum absolute atomic E-state index is 0.112. The third-order valence-electron chi connectivity index (χ3n) is 6.62. The van der Waals surface area contributed by atoms with Crippen molar-refractivity contribution in [1.82, 2.24) is 26.6 Å². The van der Waals surface area contributed by atoms with Crippen molar-refractivity contribution in [1.29, 1.82) is 27.0 Å². The zero-order chi connectivity index (χ0) is 90.7. The van der Waals surface area contributed by atoms with Gasteiger partial charge in [0.1, 0.15) is 30.2 Å². The number of hydrogen-bond acceptors (Lipinski definition) is 27. The predicted octanol–water partition coefficient (Wildman–Crippen LogP) is -4.02. The van der Waals surface area contributed by atoms with E-state index in [1.165, 1.54) is 0 Å². The Morgan fingerprint density at radius 3 is 0.306 bits per heavy atom. The van der Waals surface area contributed by atoms with Crippen molar-refractivity contribution in [3.8, 4) is 0 Å². The van der Waals surface area contributed by atoms with Gasteiger partial charge in [0.2, 0.25) is 0 Å². The van der Waals surface area contributed by atoms with Crippen molar-refractivity contribution in [2.75, 3.05) is 32.7 Å². The predicted molar refractivity (Wildman–Crippen MR) is 352 cm³/mol. The number of hydrogen-bond donors (Lipinski definition) is 49. The molecule has 108 heavy (non-hydrogen) atoms. The quantitative estimate of drug-likeness (QED) is 0.0235. The Hall–Kier alpha value is -15.3. The van der Waals surface area contributed by atoms with Crippen molar-refractivity contribution >= 4 is 134 Å². The molecule has 66 heteroatoms. The maximum atomic E-state index is 10.2. The van der Waals surface area contributed by atoms with Gasteiger partial charge in [-0.05, 0) is 64.2 Å². The van der Waals surface area contributed by atoms with E-state index >= 15 is 0 Å². The Kier molecular flexibility index (Phi) is 129. The summed E-state index contributed by atoms with van der Waals surface area (Å²) in [6.07, 6.45) is -17.1. The molecule has 0 aliphatic rings. The molecule has 0 bridgehead atoms. The summed E-state index contributed by atoms with van der Waals surface area (Å²) in [4.78, 5) is 154. The molecule has 0 spiro atoms. The van der Waals surface area contributed by atoms with Crippen LogP contribution in [0.25, 0.3) is 0 Å². The highest BCUT2D eigenvalue weighted by atomic mass is 16.6. The lowest BCUT2D eigenvalue weighted by atomic mass is 10.2. The highest BCUT2D eigenvalue weighted by Crippen LogP contribution is 1.95. The van der Waals surface area contributed by atoms with Crippen LogP contribution in [0.4, 0.5) is 57.5 Å². The molecular weight excluding hydrogens is 1520 g/mol. The number of nitrogens with two attached hydrogens (primary N) is 10. The first-order chi connectivity index (χ1) is 48.5. The van der Waals surface area contributed by atoms with E-state index in [0.717, 1.165) is 0 Å². The van der Waals surface area contributed by atoms with Crippen molar-refractivity contribution in [3.63, 3.8) is 0 Å². The molecule has 59 N–H and O–H groups in total. The first-order valence-electron chi connectivity index (χ1n) is 25.8. The summed E-state index contributed by atoms with van der Waals surface area (Å²) in [5.74, 6) is -5.57. The zero-order valence-corrected chi connectivity index (χ0v) is 55.2. The molecule has 0 aromatic rings. The van der Waals surface area contributed by atoms with E-state index in [0.29, 0.717) is 96.9 Å². The largest absolute Gasteiger partial charge is 0.503 e. The Labute approximate surface area is 600 Å². The lowest BCUT2D eigenvalue weighted by Crippen LogP contribution is -2.34. The van der Waals surface area contributed by atoms with Crippen molar-refractivity contribution in [2.24, 2.45) is 57.3 Å². The van der Waals surface area contributed by atoms with Crippen LogP contribution in [0.1, 0.15) is 64.2 Å². The highest BCUT2D eigenvalue weighted by Gasteiger charge is 2.13. The summed E-state index contributed by atoms with van der Waals surface area (Å²) in [6.45, 7) is 2.41. The van der Waals surface area contributed by atoms with E-state index in [9.17, 15) is 24.0 Å². The molecule has 0 amide bonds. The summed E-state index contributed by atoms with van der Waals surface area (Å²) in [5, 5.41) is 256. The fourth-order valence-electron chi connectivity index (χ4n) is 3.34. The topological polar surface area (TPSA) is 1320 Å². The van der Waals surface area contributed by atoms with E-state index in [1.54, 1.807) is 0 Å². The third kappa shape index (κ3) is 463. The van der Waals surface area contributed by atoms with Gasteiger partial charge in [-0.3, -0.25) is 51.0 Å². The van der Waals surface area contributed by atoms with Crippen LogP contribution in [0.15, 0.2) is 0 Å². The van der Waals surface area contributed by atoms with Gasteiger partial charge in [0.25, 0.3) is 0 Å². The molecule has 0 radical (unpaired) electrons. The van der Waals surface area contributed by atoms with Crippen LogP contribution in [0.3, 0.4) is 0 Å². The second-order valence-electron chi connectivity index (χ2n) is 15.5. The SMILES string of the molecule is N=C(N)NCCC[C@H](N)C(=O)O.N=C(N)NCCC[C@H](N)C(=O)O.N=C(N)NCCC[C@H](N)C(=O)O.N=C(N)NCCC[C@H](N)C(=O)O.N=C(N)NCCC[C@H](N)C(=O)O.O=C(O)O.O=C(O)O.O=C(O)O.O=C(O)O.O=C(O)O.O=C(O)O.O=C(O)O.O=C(O)O.O=C(O)O.O=C(O)O.O=C(O)O.O=C(O)O. The monoisotopic (exact) mass is 1610 g/mol. The lowest BCUT2D eigenvalue weighted by molar-refractivity contribution is -0.139. The van der Waals surface area contributed by atoms with E-state index in [2.05, 4.69) is 26.6 Å². The van der Waals surface area contributed by atoms with Crippen LogP contribution in [-0.4, -0.2) is 345 Å². The highest BCUT2D eigenvalue weighted by molar-refractivity contribution is 5.77. The summed E-state index contributed by atoms with van der Waals surface area (Å²) in [6, 6.07) is -4.10. The summed E-state index contributed by atoms with van der Waals surface area (Å²) in [5.41, 5.74) is 51.1. The van der Waals surface area contributed by atoms with Gasteiger partial charge in [-0.1, -0.05) is 0 Å². The molecule has 0 aromatic carbocycles. The van der Waals surface area contributed by atoms with Crippen LogP contribution in [0.2, 0.25) is 0 Å². The fourth-order valence-corrected chi connectivity index (χ4v) is 3.34. The number of carboxylic acid groups (broad SMARTS) is 29. The zero-order valence-electron chi connectivity index (χ0n) is 55.2. The van der Waals surface area contributed by atoms with E-state index in [-0.39, 0.29) is 29.8 Å². The van der Waals surface area contributed by atoms with Gasteiger partial charge in [0, 0.05) is 32.7 Å². The van der Waals surface area contributed by atoms with Gasteiger partial charge < -0.3 is 232 Å². The molecule has 0 rings (SSSR count). The standard InChI is InChI=1S/5C6H14N4O2.12CH2O3/c5*7-4(5(11)12)2-1-3-10-6(8)9;12*2-1(3)4/h5*4H,1-3,7H2,(H,11,12)(H4,8,9,10);12*(H2,2,3,4)/t5*4-;;;;;;;;;;;;/m00000............/s1. The number of guanidine groups is 5. The van der Waals surface area contributed by atoms with Crippen LogP contribution in [0.5, 0.6) is 0 Å². The average Bonchev–Trinajstić information content (AvgIpc) is 1.04. The molecule has 0 heterocycles. The minimum atomic E-state index is -1.83. The maximum Gasteiger partial charge on any atom is 0.503 e. The van der Waals surface area contributed by atoms with Gasteiger partial charge in [-0.25, -0.2) is 57.5 Å². The average molecular weight is 1620 g/mol. The molecule has 0 aliphatic heterocycles. The van der Waals surface area contributed by atoms with Gasteiger partial charge in [0.15, 0.2) is 29.8 Å². The number of nitrogens with one attached hydrogen (secondary N) is 10. The maximum absolute atomic E-state index is 10.2. The first kappa shape index (κ1) is 136. The van der Waals surface area contributed by atoms with Crippen molar-refractivity contribution in [3.05, 3.63) is 0 Å². The van der Waals surface area contributed by atoms with Crippen molar-refractivity contribution in [2.45, 2.75) is 94.4 Å². The molecule has 0 fully saturated rings. The smallest absolute Gasteiger partial charge is 0.480 e. The molecule has 0 saturated heterocycles. The Morgan fingerprint density at radius 1 is 0.194 bits per heavy atom. The molecule has 0 aliphatic carbocycles. The minimum Gasteiger partial charge on any atom is -0.480 e. The summed E-state index contributed by atoms with van der Waals surface area (Å²) in [7, 11) is 0. The molecular formula is C42H94N20O46.